The number of carbonyl (C=O) groups excluding carboxylic acids is 2. The molecule has 1 saturated carbocycles. The third-order valence-electron chi connectivity index (χ3n) is 6.03. The van der Waals surface area contributed by atoms with Crippen LogP contribution in [-0.2, 0) is 10.2 Å². The predicted molar refractivity (Wildman–Crippen MR) is 125 cm³/mol. The summed E-state index contributed by atoms with van der Waals surface area (Å²) in [4.78, 5) is 24.9. The van der Waals surface area contributed by atoms with E-state index in [2.05, 4.69) is 5.32 Å². The van der Waals surface area contributed by atoms with Crippen LogP contribution in [0.5, 0.6) is 17.2 Å². The van der Waals surface area contributed by atoms with Crippen LogP contribution >= 0.6 is 0 Å². The highest BCUT2D eigenvalue weighted by Gasteiger charge is 2.51. The van der Waals surface area contributed by atoms with E-state index in [4.69, 9.17) is 19.9 Å². The number of rotatable bonds is 6. The number of anilines is 1. The molecule has 0 aromatic heterocycles. The second-order valence-corrected chi connectivity index (χ2v) is 7.96. The van der Waals surface area contributed by atoms with Gasteiger partial charge in [0.1, 0.15) is 5.75 Å². The molecule has 1 fully saturated rings. The van der Waals surface area contributed by atoms with Crippen molar-refractivity contribution >= 4 is 17.5 Å². The third-order valence-corrected chi connectivity index (χ3v) is 6.03. The van der Waals surface area contributed by atoms with Gasteiger partial charge < -0.3 is 25.3 Å². The van der Waals surface area contributed by atoms with Gasteiger partial charge in [0, 0.05) is 21.1 Å². The first-order valence-corrected chi connectivity index (χ1v) is 10.3. The zero-order chi connectivity index (χ0) is 22.3. The maximum Gasteiger partial charge on any atom is 0.248 e. The maximum atomic E-state index is 13.3. The van der Waals surface area contributed by atoms with E-state index in [0.29, 0.717) is 28.5 Å². The van der Waals surface area contributed by atoms with Crippen molar-refractivity contribution in [3.63, 3.8) is 0 Å². The highest BCUT2D eigenvalue weighted by atomic mass is 16.7. The fourth-order valence-corrected chi connectivity index (χ4v) is 4.07. The fourth-order valence-electron chi connectivity index (χ4n) is 4.07. The van der Waals surface area contributed by atoms with Crippen LogP contribution in [0.4, 0.5) is 5.69 Å². The summed E-state index contributed by atoms with van der Waals surface area (Å²) in [5, 5.41) is 3.05. The molecule has 2 amide bonds. The molecule has 0 saturated heterocycles. The Labute approximate surface area is 189 Å². The lowest BCUT2D eigenvalue weighted by molar-refractivity contribution is -0.118. The van der Waals surface area contributed by atoms with Gasteiger partial charge in [0.25, 0.3) is 0 Å². The van der Waals surface area contributed by atoms with Crippen LogP contribution in [-0.4, -0.2) is 25.7 Å². The molecule has 168 valence electrons. The second kappa shape index (κ2) is 7.60. The Morgan fingerprint density at radius 2 is 1.84 bits per heavy atom. The van der Waals surface area contributed by atoms with E-state index in [1.165, 1.54) is 0 Å². The Hall–Kier alpha value is -4.00. The van der Waals surface area contributed by atoms with Crippen LogP contribution in [0.1, 0.15) is 33.0 Å². The number of benzene rings is 3. The molecule has 0 unspecified atom stereocenters. The van der Waals surface area contributed by atoms with Crippen molar-refractivity contribution in [2.24, 2.45) is 5.73 Å². The number of fused-ring (bicyclic) bond motifs is 1. The molecule has 1 aliphatic carbocycles. The number of ether oxygens (including phenoxy) is 3. The number of carbonyl (C=O) groups is 2. The standard InChI is InChI=1S/C25H22N2O5.3H2/c1-30-20-8-6-18(13-19(20)15-3-2-4-16(11-15)23(26)28)27-24(29)25(9-10-25)17-5-7-21-22(12-17)32-14-31-21;;;/h2-8,11-13H,9-10,14H2,1H3,(H2,26,28)(H,27,29);3*1H. The van der Waals surface area contributed by atoms with Crippen LogP contribution < -0.4 is 25.3 Å². The number of nitrogens with two attached hydrogens (primary N) is 1. The van der Waals surface area contributed by atoms with Gasteiger partial charge in [-0.3, -0.25) is 9.59 Å². The molecule has 0 spiro atoms. The Bertz CT molecular complexity index is 1250. The summed E-state index contributed by atoms with van der Waals surface area (Å²) < 4.78 is 16.4. The van der Waals surface area contributed by atoms with E-state index >= 15 is 0 Å². The number of hydrogen-bond donors (Lipinski definition) is 2. The van der Waals surface area contributed by atoms with Gasteiger partial charge in [-0.15, -0.1) is 0 Å². The first-order valence-electron chi connectivity index (χ1n) is 10.3. The monoisotopic (exact) mass is 436 g/mol. The topological polar surface area (TPSA) is 99.9 Å². The third kappa shape index (κ3) is 3.41. The van der Waals surface area contributed by atoms with Gasteiger partial charge in [0.15, 0.2) is 11.5 Å². The average Bonchev–Trinajstić information content (AvgIpc) is 3.50. The van der Waals surface area contributed by atoms with E-state index in [-0.39, 0.29) is 17.0 Å². The highest BCUT2D eigenvalue weighted by molar-refractivity contribution is 6.02. The van der Waals surface area contributed by atoms with Crippen LogP contribution in [0.15, 0.2) is 60.7 Å². The van der Waals surface area contributed by atoms with Gasteiger partial charge >= 0.3 is 0 Å². The molecule has 32 heavy (non-hydrogen) atoms. The number of methoxy groups -OCH3 is 1. The Kier molecular flexibility index (Phi) is 4.74. The molecule has 1 aliphatic heterocycles. The van der Waals surface area contributed by atoms with E-state index in [1.807, 2.05) is 30.3 Å². The second-order valence-electron chi connectivity index (χ2n) is 7.96. The number of primary amides is 1. The van der Waals surface area contributed by atoms with Gasteiger partial charge in [-0.25, -0.2) is 0 Å². The number of nitrogens with one attached hydrogen (secondary N) is 1. The molecule has 5 rings (SSSR count). The molecule has 0 bridgehead atoms. The predicted octanol–water partition coefficient (Wildman–Crippen LogP) is 4.60. The number of amides is 2. The summed E-state index contributed by atoms with van der Waals surface area (Å²) in [5.74, 6) is 1.42. The minimum atomic E-state index is -0.576. The van der Waals surface area contributed by atoms with E-state index in [9.17, 15) is 9.59 Å². The molecule has 0 radical (unpaired) electrons. The zero-order valence-electron chi connectivity index (χ0n) is 17.5. The van der Waals surface area contributed by atoms with Crippen LogP contribution in [0, 0.1) is 0 Å². The van der Waals surface area contributed by atoms with Crippen molar-refractivity contribution in [1.29, 1.82) is 0 Å². The lowest BCUT2D eigenvalue weighted by Crippen LogP contribution is -2.27. The summed E-state index contributed by atoms with van der Waals surface area (Å²) in [6, 6.07) is 18.1. The van der Waals surface area contributed by atoms with E-state index < -0.39 is 11.3 Å². The fraction of sp³-hybridized carbons (Fsp3) is 0.200. The first kappa shape index (κ1) is 19.9. The summed E-state index contributed by atoms with van der Waals surface area (Å²) in [5.41, 5.74) is 8.33. The van der Waals surface area contributed by atoms with Gasteiger partial charge in [-0.1, -0.05) is 18.2 Å². The molecule has 7 nitrogen and oxygen atoms in total. The Morgan fingerprint density at radius 3 is 2.59 bits per heavy atom. The first-order chi connectivity index (χ1) is 15.5. The van der Waals surface area contributed by atoms with Crippen molar-refractivity contribution in [3.05, 3.63) is 71.8 Å². The van der Waals surface area contributed by atoms with Crippen molar-refractivity contribution in [1.82, 2.24) is 0 Å². The Morgan fingerprint density at radius 1 is 1.03 bits per heavy atom. The smallest absolute Gasteiger partial charge is 0.248 e. The molecule has 2 aliphatic rings. The summed E-state index contributed by atoms with van der Waals surface area (Å²) in [6.45, 7) is 0.198. The summed E-state index contributed by atoms with van der Waals surface area (Å²) in [7, 11) is 1.58. The van der Waals surface area contributed by atoms with Gasteiger partial charge in [-0.05, 0) is 66.4 Å². The molecular formula is C25H28N2O5. The zero-order valence-corrected chi connectivity index (χ0v) is 17.5. The molecule has 3 aromatic carbocycles. The van der Waals surface area contributed by atoms with Gasteiger partial charge in [0.05, 0.1) is 12.5 Å². The maximum absolute atomic E-state index is 13.3. The van der Waals surface area contributed by atoms with Crippen molar-refractivity contribution in [2.45, 2.75) is 18.3 Å². The molecule has 7 heteroatoms. The van der Waals surface area contributed by atoms with Crippen LogP contribution in [0.2, 0.25) is 0 Å². The minimum absolute atomic E-state index is 0. The lowest BCUT2D eigenvalue weighted by atomic mass is 9.94. The average molecular weight is 437 g/mol. The van der Waals surface area contributed by atoms with Gasteiger partial charge in [0.2, 0.25) is 18.6 Å². The van der Waals surface area contributed by atoms with Gasteiger partial charge in [-0.2, -0.15) is 0 Å². The SMILES string of the molecule is COc1ccc(NC(=O)C2(c3ccc4c(c3)OCO4)CC2)cc1-c1cccc(C(N)=O)c1.[HH].[HH].[HH]. The lowest BCUT2D eigenvalue weighted by Gasteiger charge is -2.18. The summed E-state index contributed by atoms with van der Waals surface area (Å²) in [6.07, 6.45) is 1.53. The molecule has 3 N–H and O–H groups in total. The summed E-state index contributed by atoms with van der Waals surface area (Å²) >= 11 is 0. The van der Waals surface area contributed by atoms with E-state index in [1.54, 1.807) is 37.4 Å². The molecule has 3 aromatic rings. The largest absolute Gasteiger partial charge is 0.496 e. The number of hydrogen-bond acceptors (Lipinski definition) is 5. The molecular weight excluding hydrogens is 408 g/mol. The van der Waals surface area contributed by atoms with Crippen LogP contribution in [0.25, 0.3) is 11.1 Å². The van der Waals surface area contributed by atoms with E-state index in [0.717, 1.165) is 29.5 Å². The quantitative estimate of drug-likeness (QED) is 0.588. The highest BCUT2D eigenvalue weighted by Crippen LogP contribution is 2.51. The Balaban J connectivity index is 0.00000144. The van der Waals surface area contributed by atoms with Crippen LogP contribution in [0.3, 0.4) is 0 Å². The minimum Gasteiger partial charge on any atom is -0.496 e. The van der Waals surface area contributed by atoms with Crippen molar-refractivity contribution in [2.75, 3.05) is 19.2 Å². The normalized spacial score (nSPS) is 15.2. The van der Waals surface area contributed by atoms with Crippen molar-refractivity contribution in [3.8, 4) is 28.4 Å². The molecule has 0 atom stereocenters. The van der Waals surface area contributed by atoms with Crippen molar-refractivity contribution < 1.29 is 28.1 Å². The molecule has 1 heterocycles.